The Kier molecular flexibility index (Phi) is 5.00. The fraction of sp³-hybridized carbons (Fsp3) is 0.417. The molecule has 0 saturated carbocycles. The maximum absolute atomic E-state index is 12.7. The molecule has 11 heteroatoms. The predicted octanol–water partition coefficient (Wildman–Crippen LogP) is 1.30. The van der Waals surface area contributed by atoms with Gasteiger partial charge in [0.2, 0.25) is 15.8 Å². The van der Waals surface area contributed by atoms with Crippen molar-refractivity contribution in [1.82, 2.24) is 24.9 Å². The molecule has 0 aliphatic rings. The van der Waals surface area contributed by atoms with E-state index in [1.54, 1.807) is 0 Å². The molecular weight excluding hydrogens is 335 g/mol. The lowest BCUT2D eigenvalue weighted by molar-refractivity contribution is -0.137. The van der Waals surface area contributed by atoms with Gasteiger partial charge in [-0.25, -0.2) is 13.1 Å². The average molecular weight is 349 g/mol. The highest BCUT2D eigenvalue weighted by molar-refractivity contribution is 7.89. The Hall–Kier alpha value is -2.01. The highest BCUT2D eigenvalue weighted by Gasteiger charge is 2.30. The van der Waals surface area contributed by atoms with Crippen LogP contribution >= 0.6 is 0 Å². The summed E-state index contributed by atoms with van der Waals surface area (Å²) in [5.41, 5.74) is -0.623. The highest BCUT2D eigenvalue weighted by Crippen LogP contribution is 2.31. The molecule has 0 radical (unpaired) electrons. The lowest BCUT2D eigenvalue weighted by atomic mass is 10.1. The van der Waals surface area contributed by atoms with Crippen molar-refractivity contribution in [3.8, 4) is 11.4 Å². The zero-order valence-electron chi connectivity index (χ0n) is 12.1. The third kappa shape index (κ3) is 4.73. The van der Waals surface area contributed by atoms with E-state index in [-0.39, 0.29) is 30.2 Å². The van der Waals surface area contributed by atoms with E-state index >= 15 is 0 Å². The highest BCUT2D eigenvalue weighted by atomic mass is 32.2. The molecule has 0 amide bonds. The van der Waals surface area contributed by atoms with Gasteiger partial charge in [-0.15, -0.1) is 10.2 Å². The molecule has 2 rings (SSSR count). The lowest BCUT2D eigenvalue weighted by Gasteiger charge is -2.06. The summed E-state index contributed by atoms with van der Waals surface area (Å²) in [6, 6.07) is 4.58. The molecule has 0 aliphatic carbocycles. The summed E-state index contributed by atoms with van der Waals surface area (Å²) in [6.45, 7) is 1.68. The van der Waals surface area contributed by atoms with E-state index in [2.05, 4.69) is 20.1 Å². The maximum atomic E-state index is 12.7. The quantitative estimate of drug-likeness (QED) is 0.849. The van der Waals surface area contributed by atoms with E-state index in [1.807, 2.05) is 0 Å². The van der Waals surface area contributed by atoms with E-state index in [1.165, 1.54) is 19.1 Å². The summed E-state index contributed by atoms with van der Waals surface area (Å²) in [7, 11) is -3.32. The molecule has 0 fully saturated rings. The van der Waals surface area contributed by atoms with Crippen LogP contribution in [-0.2, 0) is 22.7 Å². The molecule has 23 heavy (non-hydrogen) atoms. The van der Waals surface area contributed by atoms with Crippen LogP contribution in [0.25, 0.3) is 11.4 Å². The van der Waals surface area contributed by atoms with Crippen LogP contribution in [0.15, 0.2) is 24.3 Å². The van der Waals surface area contributed by atoms with Gasteiger partial charge in [-0.3, -0.25) is 0 Å². The van der Waals surface area contributed by atoms with Crippen molar-refractivity contribution < 1.29 is 21.6 Å². The second-order valence-corrected chi connectivity index (χ2v) is 6.68. The summed E-state index contributed by atoms with van der Waals surface area (Å²) >= 11 is 0. The molecule has 7 nitrogen and oxygen atoms in total. The first-order valence-corrected chi connectivity index (χ1v) is 8.29. The molecule has 0 saturated heterocycles. The van der Waals surface area contributed by atoms with E-state index in [0.717, 1.165) is 16.9 Å². The molecule has 0 spiro atoms. The summed E-state index contributed by atoms with van der Waals surface area (Å²) in [5, 5.41) is 11.3. The van der Waals surface area contributed by atoms with Gasteiger partial charge < -0.3 is 0 Å². The molecule has 1 aromatic heterocycles. The summed E-state index contributed by atoms with van der Waals surface area (Å²) in [4.78, 5) is 1.12. The summed E-state index contributed by atoms with van der Waals surface area (Å²) in [5.74, 6) is -0.0118. The average Bonchev–Trinajstić information content (AvgIpc) is 2.95. The molecule has 1 heterocycles. The van der Waals surface area contributed by atoms with Gasteiger partial charge in [-0.1, -0.05) is 12.1 Å². The number of sulfonamides is 1. The van der Waals surface area contributed by atoms with Gasteiger partial charge in [0.1, 0.15) is 0 Å². The van der Waals surface area contributed by atoms with Crippen molar-refractivity contribution in [2.24, 2.45) is 0 Å². The Bertz CT molecular complexity index is 773. The zero-order chi connectivity index (χ0) is 17.1. The second-order valence-electron chi connectivity index (χ2n) is 4.59. The Labute approximate surface area is 130 Å². The van der Waals surface area contributed by atoms with Crippen LogP contribution in [0, 0.1) is 0 Å². The SMILES string of the molecule is CCS(=O)(=O)NCCn1nnc(-c2cccc(C(F)(F)F)c2)n1. The molecule has 126 valence electrons. The minimum absolute atomic E-state index is 0.0365. The van der Waals surface area contributed by atoms with E-state index < -0.39 is 21.8 Å². The predicted molar refractivity (Wildman–Crippen MR) is 75.7 cm³/mol. The zero-order valence-corrected chi connectivity index (χ0v) is 12.9. The largest absolute Gasteiger partial charge is 0.416 e. The second kappa shape index (κ2) is 6.62. The van der Waals surface area contributed by atoms with Crippen molar-refractivity contribution in [1.29, 1.82) is 0 Å². The van der Waals surface area contributed by atoms with Gasteiger partial charge in [-0.2, -0.15) is 18.0 Å². The van der Waals surface area contributed by atoms with Gasteiger partial charge in [0.05, 0.1) is 17.9 Å². The third-order valence-electron chi connectivity index (χ3n) is 2.91. The number of benzene rings is 1. The van der Waals surface area contributed by atoms with Crippen molar-refractivity contribution >= 4 is 10.0 Å². The van der Waals surface area contributed by atoms with Crippen LogP contribution in [0.5, 0.6) is 0 Å². The Balaban J connectivity index is 2.08. The maximum Gasteiger partial charge on any atom is 0.416 e. The first kappa shape index (κ1) is 17.3. The van der Waals surface area contributed by atoms with Crippen molar-refractivity contribution in [2.45, 2.75) is 19.6 Å². The number of nitrogens with zero attached hydrogens (tertiary/aromatic N) is 4. The molecule has 1 aromatic carbocycles. The third-order valence-corrected chi connectivity index (χ3v) is 4.32. The molecule has 2 aromatic rings. The lowest BCUT2D eigenvalue weighted by Crippen LogP contribution is -2.29. The molecular formula is C12H14F3N5O2S. The number of aromatic nitrogens is 4. The Morgan fingerprint density at radius 2 is 2.04 bits per heavy atom. The number of alkyl halides is 3. The number of rotatable bonds is 6. The smallest absolute Gasteiger partial charge is 0.213 e. The fourth-order valence-electron chi connectivity index (χ4n) is 1.69. The first-order valence-electron chi connectivity index (χ1n) is 6.64. The van der Waals surface area contributed by atoms with Gasteiger partial charge in [-0.05, 0) is 24.3 Å². The van der Waals surface area contributed by atoms with Crippen LogP contribution in [0.4, 0.5) is 13.2 Å². The van der Waals surface area contributed by atoms with Crippen LogP contribution in [0.3, 0.4) is 0 Å². The number of hydrogen-bond acceptors (Lipinski definition) is 5. The molecule has 0 unspecified atom stereocenters. The standard InChI is InChI=1S/C12H14F3N5O2S/c1-2-23(21,22)16-6-7-20-18-11(17-19-20)9-4-3-5-10(8-9)12(13,14)15/h3-5,8,16H,2,6-7H2,1H3. The number of nitrogens with one attached hydrogen (secondary N) is 1. The summed E-state index contributed by atoms with van der Waals surface area (Å²) in [6.07, 6.45) is -4.45. The normalized spacial score (nSPS) is 12.5. The van der Waals surface area contributed by atoms with E-state index in [4.69, 9.17) is 0 Å². The topological polar surface area (TPSA) is 89.8 Å². The van der Waals surface area contributed by atoms with Crippen molar-refractivity contribution in [3.63, 3.8) is 0 Å². The van der Waals surface area contributed by atoms with Gasteiger partial charge in [0.15, 0.2) is 0 Å². The van der Waals surface area contributed by atoms with Crippen LogP contribution in [0.2, 0.25) is 0 Å². The molecule has 1 N–H and O–H groups in total. The number of tetrazole rings is 1. The van der Waals surface area contributed by atoms with Crippen molar-refractivity contribution in [3.05, 3.63) is 29.8 Å². The van der Waals surface area contributed by atoms with Gasteiger partial charge in [0.25, 0.3) is 0 Å². The molecule has 0 bridgehead atoms. The fourth-order valence-corrected chi connectivity index (χ4v) is 2.30. The number of hydrogen-bond donors (Lipinski definition) is 1. The minimum atomic E-state index is -4.45. The van der Waals surface area contributed by atoms with Crippen LogP contribution < -0.4 is 4.72 Å². The van der Waals surface area contributed by atoms with Gasteiger partial charge >= 0.3 is 6.18 Å². The van der Waals surface area contributed by atoms with E-state index in [0.29, 0.717) is 0 Å². The Morgan fingerprint density at radius 1 is 1.30 bits per heavy atom. The minimum Gasteiger partial charge on any atom is -0.213 e. The monoisotopic (exact) mass is 349 g/mol. The van der Waals surface area contributed by atoms with E-state index in [9.17, 15) is 21.6 Å². The van der Waals surface area contributed by atoms with Crippen LogP contribution in [-0.4, -0.2) is 40.9 Å². The number of halogens is 3. The summed E-state index contributed by atoms with van der Waals surface area (Å²) < 4.78 is 62.9. The van der Waals surface area contributed by atoms with Crippen molar-refractivity contribution in [2.75, 3.05) is 12.3 Å². The van der Waals surface area contributed by atoms with Crippen LogP contribution in [0.1, 0.15) is 12.5 Å². The molecule has 0 atom stereocenters. The Morgan fingerprint density at radius 3 is 2.70 bits per heavy atom. The molecule has 0 aliphatic heterocycles. The first-order chi connectivity index (χ1) is 10.7. The van der Waals surface area contributed by atoms with Gasteiger partial charge in [0, 0.05) is 12.1 Å².